The molecular weight excluding hydrogens is 250 g/mol. The van der Waals surface area contributed by atoms with Gasteiger partial charge in [0.2, 0.25) is 5.13 Å². The van der Waals surface area contributed by atoms with Gasteiger partial charge >= 0.3 is 0 Å². The van der Waals surface area contributed by atoms with Gasteiger partial charge in [0, 0.05) is 6.42 Å². The molecule has 86 valence electrons. The summed E-state index contributed by atoms with van der Waals surface area (Å²) in [4.78, 5) is 6.63. The summed E-state index contributed by atoms with van der Waals surface area (Å²) in [6.07, 6.45) is 1.93. The van der Waals surface area contributed by atoms with E-state index in [4.69, 9.17) is 0 Å². The summed E-state index contributed by atoms with van der Waals surface area (Å²) >= 11 is 1.11. The zero-order valence-corrected chi connectivity index (χ0v) is 9.97. The van der Waals surface area contributed by atoms with Gasteiger partial charge in [0.1, 0.15) is 11.3 Å². The lowest BCUT2D eigenvalue weighted by molar-refractivity contribution is 0.598. The lowest BCUT2D eigenvalue weighted by Gasteiger charge is -2.00. The highest BCUT2D eigenvalue weighted by Gasteiger charge is 2.18. The largest absolute Gasteiger partial charge is 0.332 e. The van der Waals surface area contributed by atoms with E-state index >= 15 is 0 Å². The van der Waals surface area contributed by atoms with E-state index in [-0.39, 0.29) is 10.2 Å². The number of anilines is 1. The molecule has 0 spiro atoms. The van der Waals surface area contributed by atoms with Crippen molar-refractivity contribution in [1.82, 2.24) is 20.2 Å². The number of aromatic nitrogens is 4. The van der Waals surface area contributed by atoms with Crippen molar-refractivity contribution in [3.8, 4) is 0 Å². The second-order valence-electron chi connectivity index (χ2n) is 2.90. The van der Waals surface area contributed by atoms with Crippen molar-refractivity contribution in [1.29, 1.82) is 0 Å². The Kier molecular flexibility index (Phi) is 2.88. The van der Waals surface area contributed by atoms with Crippen LogP contribution in [-0.4, -0.2) is 28.6 Å². The van der Waals surface area contributed by atoms with Crippen LogP contribution in [0.1, 0.15) is 12.7 Å². The first-order chi connectivity index (χ1) is 7.62. The van der Waals surface area contributed by atoms with E-state index < -0.39 is 10.0 Å². The van der Waals surface area contributed by atoms with E-state index in [1.807, 2.05) is 6.92 Å². The summed E-state index contributed by atoms with van der Waals surface area (Å²) in [6.45, 7) is 1.88. The molecule has 2 heterocycles. The number of aryl methyl sites for hydroxylation is 1. The molecule has 0 aromatic carbocycles. The summed E-state index contributed by atoms with van der Waals surface area (Å²) in [6, 6.07) is 0. The van der Waals surface area contributed by atoms with E-state index in [0.29, 0.717) is 12.2 Å². The van der Waals surface area contributed by atoms with Crippen LogP contribution in [0.25, 0.3) is 0 Å². The molecule has 0 fully saturated rings. The van der Waals surface area contributed by atoms with Crippen LogP contribution in [-0.2, 0) is 16.4 Å². The maximum Gasteiger partial charge on any atom is 0.280 e. The molecule has 0 aliphatic heterocycles. The van der Waals surface area contributed by atoms with E-state index in [1.54, 1.807) is 0 Å². The van der Waals surface area contributed by atoms with Crippen molar-refractivity contribution in [2.45, 2.75) is 18.4 Å². The minimum absolute atomic E-state index is 0.0274. The Morgan fingerprint density at radius 1 is 1.56 bits per heavy atom. The van der Waals surface area contributed by atoms with Gasteiger partial charge in [-0.15, -0.1) is 10.2 Å². The van der Waals surface area contributed by atoms with Gasteiger partial charge < -0.3 is 4.98 Å². The predicted octanol–water partition coefficient (Wildman–Crippen LogP) is 0.624. The van der Waals surface area contributed by atoms with Gasteiger partial charge in [-0.2, -0.15) is 8.42 Å². The number of imidazole rings is 1. The predicted molar refractivity (Wildman–Crippen MR) is 58.7 cm³/mol. The Hall–Kier alpha value is -1.48. The standard InChI is InChI=1S/C7H9N5O2S2/c1-2-5-8-3-6(10-5)16(13,14)12-7-11-9-4-15-7/h3-4H,2H2,1H3,(H,8,10)(H,11,12). The molecule has 0 unspecified atom stereocenters. The number of nitrogens with one attached hydrogen (secondary N) is 2. The van der Waals surface area contributed by atoms with Crippen molar-refractivity contribution >= 4 is 26.5 Å². The molecule has 2 aromatic rings. The molecular formula is C7H9N5O2S2. The summed E-state index contributed by atoms with van der Waals surface area (Å²) in [5.74, 6) is 0.623. The van der Waals surface area contributed by atoms with Gasteiger partial charge in [-0.1, -0.05) is 18.3 Å². The molecule has 7 nitrogen and oxygen atoms in total. The fourth-order valence-corrected chi connectivity index (χ4v) is 2.68. The molecule has 0 aliphatic rings. The van der Waals surface area contributed by atoms with Crippen LogP contribution in [0, 0.1) is 0 Å². The van der Waals surface area contributed by atoms with E-state index in [9.17, 15) is 8.42 Å². The van der Waals surface area contributed by atoms with Gasteiger partial charge in [0.05, 0.1) is 6.20 Å². The van der Waals surface area contributed by atoms with Crippen LogP contribution in [0.2, 0.25) is 0 Å². The fraction of sp³-hybridized carbons (Fsp3) is 0.286. The van der Waals surface area contributed by atoms with Crippen molar-refractivity contribution in [2.75, 3.05) is 4.72 Å². The maximum atomic E-state index is 11.8. The molecule has 0 saturated heterocycles. The number of H-pyrrole nitrogens is 1. The zero-order chi connectivity index (χ0) is 11.6. The zero-order valence-electron chi connectivity index (χ0n) is 8.34. The monoisotopic (exact) mass is 259 g/mol. The maximum absolute atomic E-state index is 11.8. The second kappa shape index (κ2) is 4.18. The Bertz CT molecular complexity index is 559. The molecule has 0 amide bonds. The highest BCUT2D eigenvalue weighted by Crippen LogP contribution is 2.15. The summed E-state index contributed by atoms with van der Waals surface area (Å²) in [5.41, 5.74) is 1.45. The topological polar surface area (TPSA) is 101 Å². The minimum atomic E-state index is -3.63. The quantitative estimate of drug-likeness (QED) is 0.838. The van der Waals surface area contributed by atoms with E-state index in [0.717, 1.165) is 11.3 Å². The van der Waals surface area contributed by atoms with Gasteiger partial charge in [-0.25, -0.2) is 4.98 Å². The minimum Gasteiger partial charge on any atom is -0.332 e. The smallest absolute Gasteiger partial charge is 0.280 e. The number of hydrogen-bond acceptors (Lipinski definition) is 6. The third kappa shape index (κ3) is 2.19. The van der Waals surface area contributed by atoms with E-state index in [1.165, 1.54) is 11.7 Å². The van der Waals surface area contributed by atoms with Crippen LogP contribution in [0.4, 0.5) is 5.13 Å². The van der Waals surface area contributed by atoms with Crippen LogP contribution in [0.3, 0.4) is 0 Å². The molecule has 0 saturated carbocycles. The number of hydrogen-bond donors (Lipinski definition) is 2. The Morgan fingerprint density at radius 3 is 2.94 bits per heavy atom. The van der Waals surface area contributed by atoms with Gasteiger partial charge in [-0.05, 0) is 0 Å². The molecule has 9 heteroatoms. The fourth-order valence-electron chi connectivity index (χ4n) is 1.05. The van der Waals surface area contributed by atoms with Crippen LogP contribution in [0.5, 0.6) is 0 Å². The molecule has 2 rings (SSSR count). The molecule has 16 heavy (non-hydrogen) atoms. The SMILES string of the molecule is CCc1ncc(S(=O)(=O)Nc2nncs2)[nH]1. The number of sulfonamides is 1. The van der Waals surface area contributed by atoms with E-state index in [2.05, 4.69) is 24.9 Å². The van der Waals surface area contributed by atoms with Gasteiger partial charge in [-0.3, -0.25) is 4.72 Å². The lowest BCUT2D eigenvalue weighted by atomic mass is 10.5. The lowest BCUT2D eigenvalue weighted by Crippen LogP contribution is -2.13. The molecule has 0 atom stereocenters. The summed E-state index contributed by atoms with van der Waals surface area (Å²) in [5, 5.41) is 7.39. The Morgan fingerprint density at radius 2 is 2.38 bits per heavy atom. The van der Waals surface area contributed by atoms with Gasteiger partial charge in [0.25, 0.3) is 10.0 Å². The van der Waals surface area contributed by atoms with Crippen LogP contribution >= 0.6 is 11.3 Å². The first kappa shape index (κ1) is 11.0. The van der Waals surface area contributed by atoms with Gasteiger partial charge in [0.15, 0.2) is 5.03 Å². The Balaban J connectivity index is 2.25. The summed E-state index contributed by atoms with van der Waals surface area (Å²) in [7, 11) is -3.63. The third-order valence-electron chi connectivity index (χ3n) is 1.81. The van der Waals surface area contributed by atoms with Crippen molar-refractivity contribution < 1.29 is 8.42 Å². The van der Waals surface area contributed by atoms with Crippen LogP contribution < -0.4 is 4.72 Å². The normalized spacial score (nSPS) is 11.6. The average Bonchev–Trinajstić information content (AvgIpc) is 2.85. The second-order valence-corrected chi connectivity index (χ2v) is 5.38. The first-order valence-electron chi connectivity index (χ1n) is 4.44. The number of nitrogens with zero attached hydrogens (tertiary/aromatic N) is 3. The first-order valence-corrected chi connectivity index (χ1v) is 6.81. The Labute approximate surface area is 96.0 Å². The highest BCUT2D eigenvalue weighted by atomic mass is 32.2. The molecule has 2 aromatic heterocycles. The summed E-state index contributed by atoms with van der Waals surface area (Å²) < 4.78 is 25.9. The third-order valence-corrected chi connectivity index (χ3v) is 3.80. The highest BCUT2D eigenvalue weighted by molar-refractivity contribution is 7.92. The van der Waals surface area contributed by atoms with Crippen LogP contribution in [0.15, 0.2) is 16.7 Å². The van der Waals surface area contributed by atoms with Crippen molar-refractivity contribution in [3.05, 3.63) is 17.5 Å². The van der Waals surface area contributed by atoms with Crippen molar-refractivity contribution in [3.63, 3.8) is 0 Å². The average molecular weight is 259 g/mol. The molecule has 2 N–H and O–H groups in total. The molecule has 0 bridgehead atoms. The molecule has 0 radical (unpaired) electrons. The van der Waals surface area contributed by atoms with Crippen molar-refractivity contribution in [2.24, 2.45) is 0 Å². The number of aromatic amines is 1. The number of rotatable bonds is 4. The molecule has 0 aliphatic carbocycles.